The van der Waals surface area contributed by atoms with Gasteiger partial charge in [0.15, 0.2) is 24.8 Å². The Kier molecular flexibility index (Phi) is 7.12. The first kappa shape index (κ1) is 18.7. The van der Waals surface area contributed by atoms with Gasteiger partial charge < -0.3 is 21.5 Å². The van der Waals surface area contributed by atoms with Gasteiger partial charge in [-0.2, -0.15) is 9.13 Å². The molecule has 0 unspecified atom stereocenters. The molecule has 7 heteroatoms. The third-order valence-electron chi connectivity index (χ3n) is 3.22. The summed E-state index contributed by atoms with van der Waals surface area (Å²) in [5.41, 5.74) is 2.07. The van der Waals surface area contributed by atoms with E-state index in [0.29, 0.717) is 0 Å². The summed E-state index contributed by atoms with van der Waals surface area (Å²) in [6.45, 7) is 3.75. The van der Waals surface area contributed by atoms with E-state index in [-0.39, 0.29) is 29.2 Å². The lowest BCUT2D eigenvalue weighted by Crippen LogP contribution is -3.00. The minimum Gasteiger partial charge on any atom is -1.00 e. The van der Waals surface area contributed by atoms with Crippen LogP contribution in [0.4, 0.5) is 0 Å². The fraction of sp³-hybridized carbons (Fsp3) is 0.333. The minimum atomic E-state index is -4.14. The Morgan fingerprint density at radius 3 is 2.27 bits per heavy atom. The van der Waals surface area contributed by atoms with Crippen LogP contribution in [0.25, 0.3) is 0 Å². The molecule has 0 spiro atoms. The van der Waals surface area contributed by atoms with Gasteiger partial charge >= 0.3 is 0 Å². The van der Waals surface area contributed by atoms with Crippen molar-refractivity contribution in [2.45, 2.75) is 26.4 Å². The molecule has 0 atom stereocenters. The van der Waals surface area contributed by atoms with E-state index in [0.717, 1.165) is 18.7 Å². The molecule has 2 rings (SSSR count). The predicted octanol–water partition coefficient (Wildman–Crippen LogP) is -2.64. The van der Waals surface area contributed by atoms with Crippen LogP contribution in [-0.4, -0.2) is 18.7 Å². The molecule has 0 saturated carbocycles. The highest BCUT2D eigenvalue weighted by molar-refractivity contribution is 7.85. The minimum absolute atomic E-state index is 0. The molecule has 2 heterocycles. The van der Waals surface area contributed by atoms with Crippen LogP contribution in [-0.2, 0) is 29.6 Å². The van der Waals surface area contributed by atoms with Crippen molar-refractivity contribution in [3.8, 4) is 0 Å². The quantitative estimate of drug-likeness (QED) is 0.402. The van der Waals surface area contributed by atoms with Gasteiger partial charge in [-0.25, -0.2) is 8.42 Å². The van der Waals surface area contributed by atoms with Gasteiger partial charge in [0.25, 0.3) is 0 Å². The molecule has 0 aromatic carbocycles. The lowest BCUT2D eigenvalue weighted by molar-refractivity contribution is -0.778. The lowest BCUT2D eigenvalue weighted by atomic mass is 10.2. The van der Waals surface area contributed by atoms with E-state index in [1.165, 1.54) is 5.56 Å². The maximum Gasteiger partial charge on any atom is 0.206 e. The van der Waals surface area contributed by atoms with Gasteiger partial charge in [0.05, 0.1) is 10.1 Å². The van der Waals surface area contributed by atoms with Crippen LogP contribution in [0.5, 0.6) is 0 Å². The van der Waals surface area contributed by atoms with E-state index in [2.05, 4.69) is 23.8 Å². The fourth-order valence-electron chi connectivity index (χ4n) is 2.07. The van der Waals surface area contributed by atoms with Gasteiger partial charge in [-0.05, 0) is 25.0 Å². The maximum absolute atomic E-state index is 10.6. The second-order valence-corrected chi connectivity index (χ2v) is 6.60. The summed E-state index contributed by atoms with van der Waals surface area (Å²) < 4.78 is 35.9. The van der Waals surface area contributed by atoms with Crippen molar-refractivity contribution in [1.82, 2.24) is 0 Å². The normalized spacial score (nSPS) is 11.0. The first-order valence-electron chi connectivity index (χ1n) is 6.80. The zero-order chi connectivity index (χ0) is 15.3. The Morgan fingerprint density at radius 2 is 1.68 bits per heavy atom. The molecule has 22 heavy (non-hydrogen) atoms. The van der Waals surface area contributed by atoms with Crippen LogP contribution in [0.15, 0.2) is 49.1 Å². The Balaban J connectivity index is 0.00000242. The smallest absolute Gasteiger partial charge is 0.206 e. The second-order valence-electron chi connectivity index (χ2n) is 5.08. The van der Waals surface area contributed by atoms with Gasteiger partial charge in [0, 0.05) is 29.5 Å². The third kappa shape index (κ3) is 6.64. The second kappa shape index (κ2) is 8.36. The predicted molar refractivity (Wildman–Crippen MR) is 76.3 cm³/mol. The summed E-state index contributed by atoms with van der Waals surface area (Å²) in [5.74, 6) is -0.351. The highest BCUT2D eigenvalue weighted by Crippen LogP contribution is 1.99. The number of rotatable bonds is 6. The van der Waals surface area contributed by atoms with Crippen molar-refractivity contribution in [2.24, 2.45) is 0 Å². The first-order valence-corrected chi connectivity index (χ1v) is 8.37. The van der Waals surface area contributed by atoms with E-state index >= 15 is 0 Å². The van der Waals surface area contributed by atoms with E-state index in [1.807, 2.05) is 41.4 Å². The highest BCUT2D eigenvalue weighted by Gasteiger charge is 2.07. The number of pyridine rings is 2. The molecule has 2 aromatic heterocycles. The molecule has 0 amide bonds. The molecule has 0 bridgehead atoms. The van der Waals surface area contributed by atoms with Crippen molar-refractivity contribution in [3.05, 3.63) is 60.2 Å². The van der Waals surface area contributed by atoms with Crippen molar-refractivity contribution >= 4 is 10.1 Å². The van der Waals surface area contributed by atoms with Crippen LogP contribution < -0.4 is 26.1 Å². The summed E-state index contributed by atoms with van der Waals surface area (Å²) in [6, 6.07) is 7.78. The number of nitrogens with zero attached hydrogens (tertiary/aromatic N) is 2. The van der Waals surface area contributed by atoms with E-state index in [9.17, 15) is 13.0 Å². The summed E-state index contributed by atoms with van der Waals surface area (Å²) in [7, 11) is -4.14. The van der Waals surface area contributed by atoms with Crippen molar-refractivity contribution in [2.75, 3.05) is 5.75 Å². The zero-order valence-corrected chi connectivity index (χ0v) is 14.8. The fourth-order valence-corrected chi connectivity index (χ4v) is 2.56. The molecule has 0 N–H and O–H groups in total. The highest BCUT2D eigenvalue weighted by atomic mass is 79.9. The SMILES string of the molecule is Cc1ccc[n+](CC[n+]2ccc(CCS(=O)(=O)[O-])cc2)c1.[Br-]. The molecular formula is C15H19BrN2O3S. The number of halogens is 1. The molecule has 0 aliphatic heterocycles. The molecule has 2 aromatic rings. The van der Waals surface area contributed by atoms with Crippen LogP contribution in [0.3, 0.4) is 0 Å². The molecule has 0 fully saturated rings. The Bertz CT molecular complexity index is 703. The molecule has 0 saturated heterocycles. The molecule has 120 valence electrons. The largest absolute Gasteiger partial charge is 1.00 e. The van der Waals surface area contributed by atoms with Gasteiger partial charge in [-0.1, -0.05) is 0 Å². The summed E-state index contributed by atoms with van der Waals surface area (Å²) in [5, 5.41) is 0. The standard InChI is InChI=1S/C15H19N2O3S.BrH/c1-14-3-2-7-17(13-14)11-10-16-8-4-15(5-9-16)6-12-21(18,19)20;/h2-5,7-9,13H,6,10-12H2,1H3;1H/q+1;/p-1. The average Bonchev–Trinajstić information content (AvgIpc) is 2.43. The maximum atomic E-state index is 10.6. The van der Waals surface area contributed by atoms with E-state index in [4.69, 9.17) is 0 Å². The lowest BCUT2D eigenvalue weighted by Gasteiger charge is -2.05. The molecule has 0 radical (unpaired) electrons. The van der Waals surface area contributed by atoms with Crippen molar-refractivity contribution in [1.29, 1.82) is 0 Å². The molecule has 0 aliphatic rings. The number of aryl methyl sites for hydroxylation is 4. The van der Waals surface area contributed by atoms with Crippen LogP contribution in [0.2, 0.25) is 0 Å². The summed E-state index contributed by atoms with van der Waals surface area (Å²) >= 11 is 0. The van der Waals surface area contributed by atoms with Crippen molar-refractivity contribution in [3.63, 3.8) is 0 Å². The van der Waals surface area contributed by atoms with Crippen LogP contribution >= 0.6 is 0 Å². The topological polar surface area (TPSA) is 65.0 Å². The van der Waals surface area contributed by atoms with E-state index in [1.54, 1.807) is 0 Å². The van der Waals surface area contributed by atoms with Gasteiger partial charge in [-0.3, -0.25) is 0 Å². The van der Waals surface area contributed by atoms with E-state index < -0.39 is 10.1 Å². The Hall–Kier alpha value is -1.31. The third-order valence-corrected chi connectivity index (χ3v) is 3.93. The number of aromatic nitrogens is 2. The Morgan fingerprint density at radius 1 is 1.05 bits per heavy atom. The number of hydrogen-bond donors (Lipinski definition) is 0. The van der Waals surface area contributed by atoms with Gasteiger partial charge in [0.2, 0.25) is 13.1 Å². The van der Waals surface area contributed by atoms with Crippen LogP contribution in [0, 0.1) is 6.92 Å². The van der Waals surface area contributed by atoms with Crippen LogP contribution in [0.1, 0.15) is 11.1 Å². The summed E-state index contributed by atoms with van der Waals surface area (Å²) in [4.78, 5) is 0. The molecule has 0 aliphatic carbocycles. The summed E-state index contributed by atoms with van der Waals surface area (Å²) in [6.07, 6.45) is 8.20. The average molecular weight is 387 g/mol. The number of hydrogen-bond acceptors (Lipinski definition) is 3. The van der Waals surface area contributed by atoms with Crippen molar-refractivity contribution < 1.29 is 39.1 Å². The first-order chi connectivity index (χ1) is 9.92. The van der Waals surface area contributed by atoms with Gasteiger partial charge in [0.1, 0.15) is 0 Å². The zero-order valence-electron chi connectivity index (χ0n) is 12.4. The van der Waals surface area contributed by atoms with Gasteiger partial charge in [-0.15, -0.1) is 0 Å². The molecule has 5 nitrogen and oxygen atoms in total. The monoisotopic (exact) mass is 386 g/mol. The Labute approximate surface area is 141 Å². The molecular weight excluding hydrogens is 368 g/mol.